The minimum absolute atomic E-state index is 0.384. The Bertz CT molecular complexity index is 342. The third-order valence-corrected chi connectivity index (χ3v) is 2.65. The van der Waals surface area contributed by atoms with Crippen molar-refractivity contribution in [2.75, 3.05) is 6.79 Å². The molecule has 0 N–H and O–H groups in total. The third kappa shape index (κ3) is 1.50. The van der Waals surface area contributed by atoms with Gasteiger partial charge in [0.1, 0.15) is 5.75 Å². The van der Waals surface area contributed by atoms with E-state index in [0.29, 0.717) is 19.3 Å². The van der Waals surface area contributed by atoms with Crippen molar-refractivity contribution in [3.8, 4) is 5.75 Å². The Hall–Kier alpha value is -1.02. The maximum atomic E-state index is 5.52. The Morgan fingerprint density at radius 3 is 2.79 bits per heavy atom. The van der Waals surface area contributed by atoms with Gasteiger partial charge < -0.3 is 9.47 Å². The van der Waals surface area contributed by atoms with Crippen LogP contribution in [-0.4, -0.2) is 6.79 Å². The summed E-state index contributed by atoms with van der Waals surface area (Å²) in [6, 6.07) is 4.30. The standard InChI is InChI=1S/C12H16O2/c1-8(2)10-5-4-9(3)12-11(10)6-13-7-14-12/h4-5,8H,6-7H2,1-3H3. The molecule has 0 unspecified atom stereocenters. The molecule has 0 amide bonds. The molecule has 0 aromatic heterocycles. The van der Waals surface area contributed by atoms with Crippen LogP contribution in [0.4, 0.5) is 0 Å². The summed E-state index contributed by atoms with van der Waals surface area (Å²) in [6.07, 6.45) is 0. The molecule has 2 rings (SSSR count). The highest BCUT2D eigenvalue weighted by molar-refractivity contribution is 5.47. The third-order valence-electron chi connectivity index (χ3n) is 2.65. The minimum Gasteiger partial charge on any atom is -0.467 e. The molecule has 0 bridgehead atoms. The molecule has 1 heterocycles. The van der Waals surface area contributed by atoms with Crippen molar-refractivity contribution in [1.82, 2.24) is 0 Å². The first kappa shape index (κ1) is 9.53. The molecule has 0 spiro atoms. The van der Waals surface area contributed by atoms with Gasteiger partial charge in [-0.15, -0.1) is 0 Å². The molecule has 0 atom stereocenters. The fraction of sp³-hybridized carbons (Fsp3) is 0.500. The fourth-order valence-corrected chi connectivity index (χ4v) is 1.90. The monoisotopic (exact) mass is 192 g/mol. The molecule has 0 saturated carbocycles. The summed E-state index contributed by atoms with van der Waals surface area (Å²) in [5, 5.41) is 0. The summed E-state index contributed by atoms with van der Waals surface area (Å²) < 4.78 is 10.8. The second-order valence-corrected chi connectivity index (χ2v) is 4.04. The maximum absolute atomic E-state index is 5.52. The van der Waals surface area contributed by atoms with E-state index in [0.717, 1.165) is 5.75 Å². The molecule has 1 aliphatic rings. The number of rotatable bonds is 1. The highest BCUT2D eigenvalue weighted by atomic mass is 16.7. The summed E-state index contributed by atoms with van der Waals surface area (Å²) >= 11 is 0. The van der Waals surface area contributed by atoms with Gasteiger partial charge in [0.15, 0.2) is 6.79 Å². The van der Waals surface area contributed by atoms with E-state index in [1.165, 1.54) is 16.7 Å². The first-order valence-corrected chi connectivity index (χ1v) is 5.03. The van der Waals surface area contributed by atoms with E-state index >= 15 is 0 Å². The molecule has 1 aromatic carbocycles. The molecule has 14 heavy (non-hydrogen) atoms. The molecule has 1 aliphatic heterocycles. The highest BCUT2D eigenvalue weighted by Gasteiger charge is 2.18. The Kier molecular flexibility index (Phi) is 2.46. The van der Waals surface area contributed by atoms with Crippen molar-refractivity contribution in [2.45, 2.75) is 33.3 Å². The number of fused-ring (bicyclic) bond motifs is 1. The summed E-state index contributed by atoms with van der Waals surface area (Å²) in [7, 11) is 0. The van der Waals surface area contributed by atoms with Crippen molar-refractivity contribution < 1.29 is 9.47 Å². The van der Waals surface area contributed by atoms with Crippen LogP contribution in [-0.2, 0) is 11.3 Å². The minimum atomic E-state index is 0.384. The smallest absolute Gasteiger partial charge is 0.189 e. The van der Waals surface area contributed by atoms with E-state index in [-0.39, 0.29) is 0 Å². The molecule has 0 fully saturated rings. The lowest BCUT2D eigenvalue weighted by Crippen LogP contribution is -2.14. The molecule has 1 aromatic rings. The second-order valence-electron chi connectivity index (χ2n) is 4.04. The van der Waals surface area contributed by atoms with Crippen LogP contribution in [0.15, 0.2) is 12.1 Å². The van der Waals surface area contributed by atoms with Gasteiger partial charge in [0, 0.05) is 5.56 Å². The highest BCUT2D eigenvalue weighted by Crippen LogP contribution is 2.33. The van der Waals surface area contributed by atoms with Crippen LogP contribution in [0.2, 0.25) is 0 Å². The number of hydrogen-bond donors (Lipinski definition) is 0. The van der Waals surface area contributed by atoms with Crippen LogP contribution in [0.1, 0.15) is 36.5 Å². The Morgan fingerprint density at radius 1 is 1.29 bits per heavy atom. The van der Waals surface area contributed by atoms with Gasteiger partial charge in [-0.1, -0.05) is 26.0 Å². The van der Waals surface area contributed by atoms with Crippen LogP contribution in [0.3, 0.4) is 0 Å². The van der Waals surface area contributed by atoms with Crippen molar-refractivity contribution in [3.05, 3.63) is 28.8 Å². The van der Waals surface area contributed by atoms with Gasteiger partial charge in [0.05, 0.1) is 6.61 Å². The van der Waals surface area contributed by atoms with E-state index in [2.05, 4.69) is 32.9 Å². The van der Waals surface area contributed by atoms with Crippen molar-refractivity contribution in [2.24, 2.45) is 0 Å². The van der Waals surface area contributed by atoms with Crippen LogP contribution in [0.5, 0.6) is 5.75 Å². The van der Waals surface area contributed by atoms with Crippen LogP contribution in [0, 0.1) is 6.92 Å². The number of ether oxygens (including phenoxy) is 2. The largest absolute Gasteiger partial charge is 0.467 e. The first-order chi connectivity index (χ1) is 6.70. The topological polar surface area (TPSA) is 18.5 Å². The maximum Gasteiger partial charge on any atom is 0.189 e. The fourth-order valence-electron chi connectivity index (χ4n) is 1.90. The van der Waals surface area contributed by atoms with Gasteiger partial charge in [0.25, 0.3) is 0 Å². The van der Waals surface area contributed by atoms with Gasteiger partial charge in [-0.2, -0.15) is 0 Å². The van der Waals surface area contributed by atoms with Gasteiger partial charge in [-0.3, -0.25) is 0 Å². The average molecular weight is 192 g/mol. The second kappa shape index (κ2) is 3.62. The van der Waals surface area contributed by atoms with Crippen LogP contribution >= 0.6 is 0 Å². The lowest BCUT2D eigenvalue weighted by Gasteiger charge is -2.23. The molecular formula is C12H16O2. The number of aryl methyl sites for hydroxylation is 1. The summed E-state index contributed by atoms with van der Waals surface area (Å²) in [5.74, 6) is 1.55. The van der Waals surface area contributed by atoms with E-state index in [4.69, 9.17) is 9.47 Å². The summed E-state index contributed by atoms with van der Waals surface area (Å²) in [4.78, 5) is 0. The normalized spacial score (nSPS) is 15.1. The van der Waals surface area contributed by atoms with Crippen LogP contribution in [0.25, 0.3) is 0 Å². The molecule has 76 valence electrons. The van der Waals surface area contributed by atoms with Gasteiger partial charge >= 0.3 is 0 Å². The van der Waals surface area contributed by atoms with Crippen molar-refractivity contribution in [1.29, 1.82) is 0 Å². The summed E-state index contributed by atoms with van der Waals surface area (Å²) in [5.41, 5.74) is 3.77. The molecule has 2 heteroatoms. The average Bonchev–Trinajstić information content (AvgIpc) is 2.18. The Labute approximate surface area is 84.8 Å². The van der Waals surface area contributed by atoms with E-state index in [1.54, 1.807) is 0 Å². The Morgan fingerprint density at radius 2 is 2.07 bits per heavy atom. The molecular weight excluding hydrogens is 176 g/mol. The van der Waals surface area contributed by atoms with Gasteiger partial charge in [-0.05, 0) is 24.0 Å². The van der Waals surface area contributed by atoms with Crippen LogP contribution < -0.4 is 4.74 Å². The van der Waals surface area contributed by atoms with Crippen molar-refractivity contribution >= 4 is 0 Å². The predicted molar refractivity (Wildman–Crippen MR) is 55.6 cm³/mol. The van der Waals surface area contributed by atoms with Gasteiger partial charge in [-0.25, -0.2) is 0 Å². The number of hydrogen-bond acceptors (Lipinski definition) is 2. The SMILES string of the molecule is Cc1ccc(C(C)C)c2c1OCOC2. The van der Waals surface area contributed by atoms with E-state index in [1.807, 2.05) is 0 Å². The van der Waals surface area contributed by atoms with Gasteiger partial charge in [0.2, 0.25) is 0 Å². The molecule has 0 aliphatic carbocycles. The van der Waals surface area contributed by atoms with Crippen molar-refractivity contribution in [3.63, 3.8) is 0 Å². The zero-order valence-corrected chi connectivity index (χ0v) is 8.96. The lowest BCUT2D eigenvalue weighted by molar-refractivity contribution is -0.0174. The van der Waals surface area contributed by atoms with E-state index < -0.39 is 0 Å². The molecule has 0 radical (unpaired) electrons. The predicted octanol–water partition coefficient (Wildman–Crippen LogP) is 2.98. The quantitative estimate of drug-likeness (QED) is 0.681. The first-order valence-electron chi connectivity index (χ1n) is 5.03. The number of benzene rings is 1. The summed E-state index contributed by atoms with van der Waals surface area (Å²) in [6.45, 7) is 7.54. The zero-order valence-electron chi connectivity index (χ0n) is 8.96. The molecule has 0 saturated heterocycles. The lowest BCUT2D eigenvalue weighted by atomic mass is 9.94. The zero-order chi connectivity index (χ0) is 10.1. The van der Waals surface area contributed by atoms with E-state index in [9.17, 15) is 0 Å². The Balaban J connectivity index is 2.53. The molecule has 2 nitrogen and oxygen atoms in total.